The van der Waals surface area contributed by atoms with Crippen molar-refractivity contribution in [2.45, 2.75) is 45.6 Å². The fraction of sp³-hybridized carbons (Fsp3) is 0.833. The SMILES string of the molecule is Cc1nsc(NC(C)C2CC3CCC2C3)n1. The third-order valence-electron chi connectivity index (χ3n) is 4.31. The van der Waals surface area contributed by atoms with E-state index in [0.717, 1.165) is 28.7 Å². The Kier molecular flexibility index (Phi) is 2.62. The number of aryl methyl sites for hydroxylation is 1. The van der Waals surface area contributed by atoms with Crippen LogP contribution in [0.25, 0.3) is 0 Å². The van der Waals surface area contributed by atoms with Crippen LogP contribution in [0.5, 0.6) is 0 Å². The molecule has 3 rings (SSSR count). The second-order valence-electron chi connectivity index (χ2n) is 5.42. The molecule has 0 saturated heterocycles. The van der Waals surface area contributed by atoms with Gasteiger partial charge in [-0.3, -0.25) is 0 Å². The minimum Gasteiger partial charge on any atom is -0.358 e. The molecule has 16 heavy (non-hydrogen) atoms. The molecular weight excluding hydrogens is 218 g/mol. The molecule has 1 aromatic heterocycles. The predicted octanol–water partition coefficient (Wildman–Crippen LogP) is 3.08. The number of rotatable bonds is 3. The molecule has 0 spiro atoms. The minimum atomic E-state index is 0.558. The molecule has 88 valence electrons. The van der Waals surface area contributed by atoms with E-state index in [9.17, 15) is 0 Å². The van der Waals surface area contributed by atoms with E-state index in [4.69, 9.17) is 0 Å². The lowest BCUT2D eigenvalue weighted by atomic mass is 9.84. The van der Waals surface area contributed by atoms with Gasteiger partial charge in [0.25, 0.3) is 0 Å². The van der Waals surface area contributed by atoms with Gasteiger partial charge in [0.2, 0.25) is 5.13 Å². The molecule has 0 amide bonds. The Morgan fingerprint density at radius 1 is 1.38 bits per heavy atom. The molecule has 3 nitrogen and oxygen atoms in total. The van der Waals surface area contributed by atoms with Gasteiger partial charge in [0.15, 0.2) is 0 Å². The van der Waals surface area contributed by atoms with Crippen LogP contribution in [-0.4, -0.2) is 15.4 Å². The van der Waals surface area contributed by atoms with Crippen LogP contribution < -0.4 is 5.32 Å². The molecule has 2 aliphatic rings. The number of nitrogens with one attached hydrogen (secondary N) is 1. The first-order valence-electron chi connectivity index (χ1n) is 6.29. The van der Waals surface area contributed by atoms with Gasteiger partial charge in [0, 0.05) is 17.6 Å². The number of anilines is 1. The Morgan fingerprint density at radius 3 is 2.81 bits per heavy atom. The van der Waals surface area contributed by atoms with Gasteiger partial charge in [0.05, 0.1) is 0 Å². The van der Waals surface area contributed by atoms with Crippen molar-refractivity contribution in [1.82, 2.24) is 9.36 Å². The molecule has 1 aromatic rings. The van der Waals surface area contributed by atoms with Crippen molar-refractivity contribution in [2.75, 3.05) is 5.32 Å². The van der Waals surface area contributed by atoms with E-state index in [1.807, 2.05) is 6.92 Å². The molecule has 0 radical (unpaired) electrons. The second kappa shape index (κ2) is 3.99. The first kappa shape index (κ1) is 10.5. The van der Waals surface area contributed by atoms with Gasteiger partial charge in [-0.2, -0.15) is 4.37 Å². The smallest absolute Gasteiger partial charge is 0.202 e. The zero-order valence-corrected chi connectivity index (χ0v) is 10.8. The van der Waals surface area contributed by atoms with Crippen molar-refractivity contribution in [3.05, 3.63) is 5.82 Å². The van der Waals surface area contributed by atoms with Gasteiger partial charge < -0.3 is 5.32 Å². The quantitative estimate of drug-likeness (QED) is 0.878. The van der Waals surface area contributed by atoms with Crippen LogP contribution in [-0.2, 0) is 0 Å². The summed E-state index contributed by atoms with van der Waals surface area (Å²) in [5.74, 6) is 3.74. The molecule has 2 saturated carbocycles. The Bertz CT molecular complexity index is 376. The maximum atomic E-state index is 4.38. The van der Waals surface area contributed by atoms with Gasteiger partial charge >= 0.3 is 0 Å². The van der Waals surface area contributed by atoms with Crippen molar-refractivity contribution in [3.8, 4) is 0 Å². The number of hydrogen-bond acceptors (Lipinski definition) is 4. The van der Waals surface area contributed by atoms with Crippen LogP contribution in [0, 0.1) is 24.7 Å². The van der Waals surface area contributed by atoms with Crippen LogP contribution in [0.3, 0.4) is 0 Å². The zero-order chi connectivity index (χ0) is 11.1. The molecule has 4 unspecified atom stereocenters. The fourth-order valence-corrected chi connectivity index (χ4v) is 4.23. The minimum absolute atomic E-state index is 0.558. The summed E-state index contributed by atoms with van der Waals surface area (Å²) < 4.78 is 4.21. The van der Waals surface area contributed by atoms with Crippen molar-refractivity contribution < 1.29 is 0 Å². The van der Waals surface area contributed by atoms with Crippen molar-refractivity contribution >= 4 is 16.7 Å². The zero-order valence-electron chi connectivity index (χ0n) is 9.94. The van der Waals surface area contributed by atoms with Gasteiger partial charge in [-0.15, -0.1) is 0 Å². The highest BCUT2D eigenvalue weighted by Gasteiger charge is 2.41. The van der Waals surface area contributed by atoms with Crippen LogP contribution in [0.2, 0.25) is 0 Å². The lowest BCUT2D eigenvalue weighted by Crippen LogP contribution is -2.29. The van der Waals surface area contributed by atoms with E-state index in [-0.39, 0.29) is 0 Å². The van der Waals surface area contributed by atoms with Gasteiger partial charge in [-0.25, -0.2) is 4.98 Å². The van der Waals surface area contributed by atoms with E-state index in [2.05, 4.69) is 21.6 Å². The molecule has 4 heteroatoms. The van der Waals surface area contributed by atoms with Gasteiger partial charge in [-0.1, -0.05) is 6.42 Å². The summed E-state index contributed by atoms with van der Waals surface area (Å²) in [5, 5.41) is 4.53. The third kappa shape index (κ3) is 1.83. The predicted molar refractivity (Wildman–Crippen MR) is 66.7 cm³/mol. The number of aromatic nitrogens is 2. The molecular formula is C12H19N3S. The topological polar surface area (TPSA) is 37.8 Å². The second-order valence-corrected chi connectivity index (χ2v) is 6.17. The Labute approximate surface area is 101 Å². The number of fused-ring (bicyclic) bond motifs is 2. The first-order valence-corrected chi connectivity index (χ1v) is 7.06. The van der Waals surface area contributed by atoms with Crippen LogP contribution >= 0.6 is 11.5 Å². The normalized spacial score (nSPS) is 34.2. The highest BCUT2D eigenvalue weighted by atomic mass is 32.1. The molecule has 0 aromatic carbocycles. The Hall–Kier alpha value is -0.640. The molecule has 0 aliphatic heterocycles. The molecule has 2 aliphatic carbocycles. The summed E-state index contributed by atoms with van der Waals surface area (Å²) in [5.41, 5.74) is 0. The summed E-state index contributed by atoms with van der Waals surface area (Å²) in [6, 6.07) is 0.558. The van der Waals surface area contributed by atoms with E-state index in [1.54, 1.807) is 0 Å². The number of hydrogen-bond donors (Lipinski definition) is 1. The van der Waals surface area contributed by atoms with E-state index in [1.165, 1.54) is 37.2 Å². The maximum Gasteiger partial charge on any atom is 0.202 e. The Morgan fingerprint density at radius 2 is 2.25 bits per heavy atom. The molecule has 2 bridgehead atoms. The Balaban J connectivity index is 1.63. The van der Waals surface area contributed by atoms with Crippen molar-refractivity contribution in [3.63, 3.8) is 0 Å². The van der Waals surface area contributed by atoms with E-state index >= 15 is 0 Å². The van der Waals surface area contributed by atoms with Gasteiger partial charge in [-0.05, 0) is 50.9 Å². The molecule has 4 atom stereocenters. The van der Waals surface area contributed by atoms with E-state index in [0.29, 0.717) is 6.04 Å². The average molecular weight is 237 g/mol. The summed E-state index contributed by atoms with van der Waals surface area (Å²) >= 11 is 1.48. The lowest BCUT2D eigenvalue weighted by molar-refractivity contribution is 0.304. The summed E-state index contributed by atoms with van der Waals surface area (Å²) in [7, 11) is 0. The van der Waals surface area contributed by atoms with E-state index < -0.39 is 0 Å². The summed E-state index contributed by atoms with van der Waals surface area (Å²) in [6.07, 6.45) is 5.84. The number of nitrogens with zero attached hydrogens (tertiary/aromatic N) is 2. The summed E-state index contributed by atoms with van der Waals surface area (Å²) in [6.45, 7) is 4.26. The average Bonchev–Trinajstić information content (AvgIpc) is 2.93. The first-order chi connectivity index (χ1) is 7.72. The standard InChI is InChI=1S/C12H19N3S/c1-7(13-12-14-8(2)15-16-12)11-6-9-3-4-10(11)5-9/h7,9-11H,3-6H2,1-2H3,(H,13,14,15). The van der Waals surface area contributed by atoms with Gasteiger partial charge in [0.1, 0.15) is 5.82 Å². The maximum absolute atomic E-state index is 4.38. The van der Waals surface area contributed by atoms with Crippen molar-refractivity contribution in [2.24, 2.45) is 17.8 Å². The summed E-state index contributed by atoms with van der Waals surface area (Å²) in [4.78, 5) is 4.38. The highest BCUT2D eigenvalue weighted by molar-refractivity contribution is 7.09. The van der Waals surface area contributed by atoms with Crippen LogP contribution in [0.1, 0.15) is 38.4 Å². The lowest BCUT2D eigenvalue weighted by Gasteiger charge is -2.28. The van der Waals surface area contributed by atoms with Crippen LogP contribution in [0.4, 0.5) is 5.13 Å². The molecule has 1 heterocycles. The molecule has 1 N–H and O–H groups in total. The monoisotopic (exact) mass is 237 g/mol. The third-order valence-corrected chi connectivity index (χ3v) is 5.05. The van der Waals surface area contributed by atoms with Crippen LogP contribution in [0.15, 0.2) is 0 Å². The van der Waals surface area contributed by atoms with Crippen molar-refractivity contribution in [1.29, 1.82) is 0 Å². The largest absolute Gasteiger partial charge is 0.358 e. The highest BCUT2D eigenvalue weighted by Crippen LogP contribution is 2.49. The fourth-order valence-electron chi connectivity index (χ4n) is 3.56. The molecule has 2 fully saturated rings.